The van der Waals surface area contributed by atoms with Gasteiger partial charge in [0.2, 0.25) is 5.91 Å². The van der Waals surface area contributed by atoms with E-state index in [4.69, 9.17) is 21.1 Å². The van der Waals surface area contributed by atoms with Crippen LogP contribution in [0.2, 0.25) is 5.15 Å². The van der Waals surface area contributed by atoms with Gasteiger partial charge in [0, 0.05) is 6.42 Å². The van der Waals surface area contributed by atoms with Crippen molar-refractivity contribution in [2.75, 3.05) is 19.5 Å². The molecule has 1 aromatic heterocycles. The van der Waals surface area contributed by atoms with E-state index < -0.39 is 0 Å². The molecular weight excluding hydrogens is 306 g/mol. The Morgan fingerprint density at radius 2 is 1.91 bits per heavy atom. The third-order valence-corrected chi connectivity index (χ3v) is 3.19. The first-order valence-corrected chi connectivity index (χ1v) is 7.00. The summed E-state index contributed by atoms with van der Waals surface area (Å²) in [6, 6.07) is 8.74. The zero-order valence-electron chi connectivity index (χ0n) is 12.3. The molecular formula is C15H16ClN3O3. The van der Waals surface area contributed by atoms with Gasteiger partial charge in [-0.15, -0.1) is 10.2 Å². The number of aryl methyl sites for hydroxylation is 1. The maximum atomic E-state index is 11.9. The van der Waals surface area contributed by atoms with Gasteiger partial charge in [-0.2, -0.15) is 0 Å². The minimum absolute atomic E-state index is 0.147. The lowest BCUT2D eigenvalue weighted by atomic mass is 10.1. The van der Waals surface area contributed by atoms with Crippen LogP contribution in [0.15, 0.2) is 30.3 Å². The second-order valence-electron chi connectivity index (χ2n) is 4.48. The molecule has 22 heavy (non-hydrogen) atoms. The van der Waals surface area contributed by atoms with Gasteiger partial charge in [-0.05, 0) is 36.2 Å². The average molecular weight is 322 g/mol. The topological polar surface area (TPSA) is 73.3 Å². The molecule has 7 heteroatoms. The first kappa shape index (κ1) is 16.0. The van der Waals surface area contributed by atoms with Crippen LogP contribution in [-0.2, 0) is 11.2 Å². The van der Waals surface area contributed by atoms with Gasteiger partial charge in [-0.1, -0.05) is 17.7 Å². The zero-order valence-corrected chi connectivity index (χ0v) is 13.1. The van der Waals surface area contributed by atoms with E-state index in [-0.39, 0.29) is 11.1 Å². The number of aromatic nitrogens is 2. The van der Waals surface area contributed by atoms with Gasteiger partial charge in [-0.3, -0.25) is 4.79 Å². The van der Waals surface area contributed by atoms with Crippen LogP contribution in [-0.4, -0.2) is 30.3 Å². The van der Waals surface area contributed by atoms with E-state index in [1.54, 1.807) is 26.4 Å². The van der Waals surface area contributed by atoms with Crippen molar-refractivity contribution in [1.29, 1.82) is 0 Å². The Labute approximate surface area is 133 Å². The Kier molecular flexibility index (Phi) is 5.55. The molecule has 1 N–H and O–H groups in total. The lowest BCUT2D eigenvalue weighted by Crippen LogP contribution is -2.13. The molecule has 0 aliphatic rings. The highest BCUT2D eigenvalue weighted by molar-refractivity contribution is 6.29. The number of hydrogen-bond donors (Lipinski definition) is 1. The minimum Gasteiger partial charge on any atom is -0.493 e. The molecule has 1 heterocycles. The van der Waals surface area contributed by atoms with Crippen molar-refractivity contribution < 1.29 is 14.3 Å². The fraction of sp³-hybridized carbons (Fsp3) is 0.267. The van der Waals surface area contributed by atoms with Crippen LogP contribution in [0, 0.1) is 0 Å². The van der Waals surface area contributed by atoms with E-state index in [1.807, 2.05) is 18.2 Å². The van der Waals surface area contributed by atoms with E-state index in [0.717, 1.165) is 5.56 Å². The Hall–Kier alpha value is -2.34. The van der Waals surface area contributed by atoms with E-state index in [1.165, 1.54) is 0 Å². The predicted octanol–water partition coefficient (Wildman–Crippen LogP) is 2.72. The Balaban J connectivity index is 1.92. The number of methoxy groups -OCH3 is 2. The average Bonchev–Trinajstić information content (AvgIpc) is 2.54. The van der Waals surface area contributed by atoms with Crippen molar-refractivity contribution >= 4 is 23.3 Å². The molecule has 0 spiro atoms. The van der Waals surface area contributed by atoms with Crippen LogP contribution in [0.3, 0.4) is 0 Å². The summed E-state index contributed by atoms with van der Waals surface area (Å²) in [7, 11) is 3.16. The number of rotatable bonds is 6. The molecule has 1 aromatic carbocycles. The van der Waals surface area contributed by atoms with Crippen molar-refractivity contribution in [3.8, 4) is 11.5 Å². The number of carbonyl (C=O) groups is 1. The number of halogens is 1. The third-order valence-electron chi connectivity index (χ3n) is 2.99. The number of carbonyl (C=O) groups excluding carboxylic acids is 1. The lowest BCUT2D eigenvalue weighted by Gasteiger charge is -2.09. The maximum absolute atomic E-state index is 11.9. The summed E-state index contributed by atoms with van der Waals surface area (Å²) in [5.74, 6) is 1.53. The van der Waals surface area contributed by atoms with Crippen molar-refractivity contribution in [2.24, 2.45) is 0 Å². The minimum atomic E-state index is -0.147. The molecule has 0 radical (unpaired) electrons. The van der Waals surface area contributed by atoms with Crippen LogP contribution in [0.1, 0.15) is 12.0 Å². The van der Waals surface area contributed by atoms with Crippen molar-refractivity contribution in [3.63, 3.8) is 0 Å². The normalized spacial score (nSPS) is 10.1. The summed E-state index contributed by atoms with van der Waals surface area (Å²) in [5.41, 5.74) is 0.981. The van der Waals surface area contributed by atoms with Crippen molar-refractivity contribution in [1.82, 2.24) is 10.2 Å². The van der Waals surface area contributed by atoms with E-state index >= 15 is 0 Å². The SMILES string of the molecule is COc1ccc(CCC(=O)Nc2ccc(Cl)nn2)cc1OC. The monoisotopic (exact) mass is 321 g/mol. The van der Waals surface area contributed by atoms with Crippen LogP contribution < -0.4 is 14.8 Å². The maximum Gasteiger partial charge on any atom is 0.225 e. The molecule has 0 aliphatic carbocycles. The zero-order chi connectivity index (χ0) is 15.9. The standard InChI is InChI=1S/C15H16ClN3O3/c1-21-11-5-3-10(9-12(11)22-2)4-8-15(20)17-14-7-6-13(16)18-19-14/h3,5-7,9H,4,8H2,1-2H3,(H,17,19,20). The molecule has 0 unspecified atom stereocenters. The summed E-state index contributed by atoms with van der Waals surface area (Å²) in [4.78, 5) is 11.9. The predicted molar refractivity (Wildman–Crippen MR) is 83.5 cm³/mol. The highest BCUT2D eigenvalue weighted by atomic mass is 35.5. The van der Waals surface area contributed by atoms with E-state index in [2.05, 4.69) is 15.5 Å². The summed E-state index contributed by atoms with van der Waals surface area (Å²) < 4.78 is 10.4. The molecule has 0 bridgehead atoms. The fourth-order valence-electron chi connectivity index (χ4n) is 1.88. The number of amides is 1. The van der Waals surface area contributed by atoms with Crippen molar-refractivity contribution in [2.45, 2.75) is 12.8 Å². The van der Waals surface area contributed by atoms with Gasteiger partial charge in [0.15, 0.2) is 22.5 Å². The van der Waals surface area contributed by atoms with Crippen LogP contribution in [0.5, 0.6) is 11.5 Å². The summed E-state index contributed by atoms with van der Waals surface area (Å²) in [6.07, 6.45) is 0.896. The molecule has 2 aromatic rings. The van der Waals surface area contributed by atoms with Gasteiger partial charge in [0.1, 0.15) is 0 Å². The summed E-state index contributed by atoms with van der Waals surface area (Å²) in [6.45, 7) is 0. The molecule has 116 valence electrons. The van der Waals surface area contributed by atoms with Crippen LogP contribution in [0.4, 0.5) is 5.82 Å². The quantitative estimate of drug-likeness (QED) is 0.885. The lowest BCUT2D eigenvalue weighted by molar-refractivity contribution is -0.116. The number of nitrogens with zero attached hydrogens (tertiary/aromatic N) is 2. The van der Waals surface area contributed by atoms with Gasteiger partial charge in [-0.25, -0.2) is 0 Å². The number of nitrogens with one attached hydrogen (secondary N) is 1. The molecule has 0 saturated carbocycles. The van der Waals surface area contributed by atoms with E-state index in [0.29, 0.717) is 30.2 Å². The molecule has 2 rings (SSSR count). The van der Waals surface area contributed by atoms with Crippen LogP contribution in [0.25, 0.3) is 0 Å². The number of ether oxygens (including phenoxy) is 2. The van der Waals surface area contributed by atoms with Gasteiger partial charge < -0.3 is 14.8 Å². The number of hydrogen-bond acceptors (Lipinski definition) is 5. The van der Waals surface area contributed by atoms with Gasteiger partial charge >= 0.3 is 0 Å². The largest absolute Gasteiger partial charge is 0.493 e. The summed E-state index contributed by atoms with van der Waals surface area (Å²) in [5, 5.41) is 10.4. The molecule has 0 fully saturated rings. The number of benzene rings is 1. The second-order valence-corrected chi connectivity index (χ2v) is 4.87. The van der Waals surface area contributed by atoms with Crippen molar-refractivity contribution in [3.05, 3.63) is 41.0 Å². The molecule has 0 aliphatic heterocycles. The molecule has 6 nitrogen and oxygen atoms in total. The highest BCUT2D eigenvalue weighted by Gasteiger charge is 2.08. The fourth-order valence-corrected chi connectivity index (χ4v) is 1.98. The Morgan fingerprint density at radius 1 is 1.14 bits per heavy atom. The Bertz CT molecular complexity index is 647. The summed E-state index contributed by atoms with van der Waals surface area (Å²) >= 11 is 5.63. The number of anilines is 1. The smallest absolute Gasteiger partial charge is 0.225 e. The molecule has 1 amide bonds. The first-order chi connectivity index (χ1) is 10.6. The van der Waals surface area contributed by atoms with Gasteiger partial charge in [0.05, 0.1) is 14.2 Å². The van der Waals surface area contributed by atoms with Crippen LogP contribution >= 0.6 is 11.6 Å². The molecule has 0 saturated heterocycles. The first-order valence-electron chi connectivity index (χ1n) is 6.62. The second kappa shape index (κ2) is 7.61. The third kappa shape index (κ3) is 4.33. The molecule has 0 atom stereocenters. The highest BCUT2D eigenvalue weighted by Crippen LogP contribution is 2.27. The van der Waals surface area contributed by atoms with Gasteiger partial charge in [0.25, 0.3) is 0 Å². The van der Waals surface area contributed by atoms with E-state index in [9.17, 15) is 4.79 Å². The Morgan fingerprint density at radius 3 is 2.55 bits per heavy atom.